The van der Waals surface area contributed by atoms with Gasteiger partial charge in [0.1, 0.15) is 17.8 Å². The molecule has 0 aliphatic carbocycles. The van der Waals surface area contributed by atoms with Crippen LogP contribution in [0.25, 0.3) is 28.5 Å². The number of nitrogens with two attached hydrogens (primary N) is 1. The summed E-state index contributed by atoms with van der Waals surface area (Å²) in [6, 6.07) is 6.00. The largest absolute Gasteiger partial charge is 0.497 e. The van der Waals surface area contributed by atoms with Crippen molar-refractivity contribution in [2.75, 3.05) is 20.3 Å². The molecule has 0 amide bonds. The molecule has 1 atom stereocenters. The molecule has 2 N–H and O–H groups in total. The zero-order valence-corrected chi connectivity index (χ0v) is 17.7. The molecule has 1 fully saturated rings. The van der Waals surface area contributed by atoms with E-state index < -0.39 is 0 Å². The van der Waals surface area contributed by atoms with Crippen molar-refractivity contribution in [1.82, 2.24) is 29.5 Å². The summed E-state index contributed by atoms with van der Waals surface area (Å²) < 4.78 is 20.4. The molecule has 5 heterocycles. The first-order chi connectivity index (χ1) is 15.7. The van der Waals surface area contributed by atoms with Gasteiger partial charge in [-0.15, -0.1) is 0 Å². The highest BCUT2D eigenvalue weighted by Crippen LogP contribution is 2.38. The van der Waals surface area contributed by atoms with Crippen LogP contribution < -0.4 is 10.5 Å². The molecule has 2 aliphatic rings. The fraction of sp³-hybridized carbons (Fsp3) is 0.364. The second-order valence-corrected chi connectivity index (χ2v) is 8.14. The molecule has 1 unspecified atom stereocenters. The highest BCUT2D eigenvalue weighted by molar-refractivity contribution is 5.77. The van der Waals surface area contributed by atoms with Gasteiger partial charge in [0, 0.05) is 42.8 Å². The second-order valence-electron chi connectivity index (χ2n) is 8.14. The first kappa shape index (κ1) is 19.2. The lowest BCUT2D eigenvalue weighted by atomic mass is 10.0. The molecule has 4 aromatic rings. The predicted molar refractivity (Wildman–Crippen MR) is 114 cm³/mol. The molecule has 2 aliphatic heterocycles. The number of hydrogen-bond donors (Lipinski definition) is 1. The number of fused-ring (bicyclic) bond motifs is 5. The fourth-order valence-electron chi connectivity index (χ4n) is 4.50. The molecule has 10 heteroatoms. The molecule has 0 spiro atoms. The Hall–Kier alpha value is -3.50. The number of imidazole rings is 1. The quantitative estimate of drug-likeness (QED) is 0.448. The number of methoxy groups -OCH3 is 1. The van der Waals surface area contributed by atoms with Crippen LogP contribution in [0.3, 0.4) is 0 Å². The van der Waals surface area contributed by atoms with Crippen molar-refractivity contribution in [2.24, 2.45) is 11.7 Å². The van der Waals surface area contributed by atoms with E-state index in [1.807, 2.05) is 22.9 Å². The van der Waals surface area contributed by atoms with E-state index in [2.05, 4.69) is 25.9 Å². The Morgan fingerprint density at radius 1 is 1.28 bits per heavy atom. The van der Waals surface area contributed by atoms with Crippen molar-refractivity contribution in [3.8, 4) is 34.2 Å². The van der Waals surface area contributed by atoms with Crippen LogP contribution in [0.5, 0.6) is 5.75 Å². The van der Waals surface area contributed by atoms with Gasteiger partial charge in [-0.2, -0.15) is 10.1 Å². The minimum absolute atomic E-state index is 0.188. The normalized spacial score (nSPS) is 17.0. The van der Waals surface area contributed by atoms with E-state index in [1.165, 1.54) is 0 Å². The van der Waals surface area contributed by atoms with Crippen LogP contribution in [0.2, 0.25) is 0 Å². The maximum Gasteiger partial charge on any atom is 0.240 e. The summed E-state index contributed by atoms with van der Waals surface area (Å²) in [6.07, 6.45) is 5.62. The molecule has 1 saturated heterocycles. The maximum absolute atomic E-state index is 5.65. The Bertz CT molecular complexity index is 1280. The van der Waals surface area contributed by atoms with Gasteiger partial charge in [-0.25, -0.2) is 4.98 Å². The summed E-state index contributed by atoms with van der Waals surface area (Å²) >= 11 is 0. The zero-order valence-electron chi connectivity index (χ0n) is 17.7. The molecule has 0 saturated carbocycles. The van der Waals surface area contributed by atoms with Crippen molar-refractivity contribution in [2.45, 2.75) is 25.9 Å². The molecule has 32 heavy (non-hydrogen) atoms. The summed E-state index contributed by atoms with van der Waals surface area (Å²) in [5, 5.41) is 9.06. The van der Waals surface area contributed by atoms with Crippen LogP contribution in [-0.2, 0) is 24.2 Å². The van der Waals surface area contributed by atoms with E-state index in [-0.39, 0.29) is 6.54 Å². The van der Waals surface area contributed by atoms with Gasteiger partial charge < -0.3 is 24.3 Å². The number of benzene rings is 1. The first-order valence-corrected chi connectivity index (χ1v) is 10.7. The molecule has 6 rings (SSSR count). The van der Waals surface area contributed by atoms with Gasteiger partial charge in [0.2, 0.25) is 11.7 Å². The smallest absolute Gasteiger partial charge is 0.240 e. The molecule has 164 valence electrons. The minimum Gasteiger partial charge on any atom is -0.497 e. The Kier molecular flexibility index (Phi) is 4.54. The van der Waals surface area contributed by atoms with Gasteiger partial charge >= 0.3 is 0 Å². The van der Waals surface area contributed by atoms with Crippen molar-refractivity contribution in [1.29, 1.82) is 0 Å². The minimum atomic E-state index is 0.188. The van der Waals surface area contributed by atoms with Crippen LogP contribution in [0, 0.1) is 5.92 Å². The Morgan fingerprint density at radius 2 is 2.22 bits per heavy atom. The maximum atomic E-state index is 5.65. The third-order valence-electron chi connectivity index (χ3n) is 6.10. The number of hydrogen-bond acceptors (Lipinski definition) is 8. The average Bonchev–Trinajstić information content (AvgIpc) is 3.60. The number of ether oxygens (including phenoxy) is 2. The molecule has 0 bridgehead atoms. The molecular formula is C22H23N7O3. The summed E-state index contributed by atoms with van der Waals surface area (Å²) in [6.45, 7) is 2.63. The van der Waals surface area contributed by atoms with Crippen molar-refractivity contribution < 1.29 is 14.0 Å². The Morgan fingerprint density at radius 3 is 3.00 bits per heavy atom. The van der Waals surface area contributed by atoms with Crippen LogP contribution in [-0.4, -0.2) is 49.8 Å². The highest BCUT2D eigenvalue weighted by atomic mass is 16.5. The van der Waals surface area contributed by atoms with Gasteiger partial charge in [0.25, 0.3) is 0 Å². The second kappa shape index (κ2) is 7.57. The number of rotatable bonds is 5. The van der Waals surface area contributed by atoms with E-state index in [4.69, 9.17) is 24.8 Å². The van der Waals surface area contributed by atoms with E-state index >= 15 is 0 Å². The van der Waals surface area contributed by atoms with Crippen LogP contribution in [0.15, 0.2) is 35.2 Å². The zero-order chi connectivity index (χ0) is 21.7. The third kappa shape index (κ3) is 3.10. The van der Waals surface area contributed by atoms with E-state index in [9.17, 15) is 0 Å². The fourth-order valence-corrected chi connectivity index (χ4v) is 4.50. The molecule has 1 aromatic carbocycles. The lowest BCUT2D eigenvalue weighted by Crippen LogP contribution is -2.11. The predicted octanol–water partition coefficient (Wildman–Crippen LogP) is 2.19. The topological polar surface area (TPSA) is 119 Å². The van der Waals surface area contributed by atoms with Gasteiger partial charge in [-0.3, -0.25) is 4.68 Å². The van der Waals surface area contributed by atoms with Crippen LogP contribution in [0.1, 0.15) is 23.6 Å². The summed E-state index contributed by atoms with van der Waals surface area (Å²) in [4.78, 5) is 9.01. The Balaban J connectivity index is 1.49. The van der Waals surface area contributed by atoms with Gasteiger partial charge in [-0.05, 0) is 24.6 Å². The van der Waals surface area contributed by atoms with Crippen LogP contribution in [0.4, 0.5) is 0 Å². The molecule has 0 radical (unpaired) electrons. The molecular weight excluding hydrogens is 410 g/mol. The summed E-state index contributed by atoms with van der Waals surface area (Å²) in [7, 11) is 1.67. The monoisotopic (exact) mass is 433 g/mol. The standard InChI is InChI=1S/C22H23N7O3/c1-30-15-2-3-17-16(7-15)20-14(10-28(26-20)9-13-4-5-31-11-13)6-18-21(24-12-29(17)18)22-25-19(8-23)32-27-22/h2-3,7,10,12-13H,4-6,8-9,11,23H2,1H3. The molecule has 10 nitrogen and oxygen atoms in total. The summed E-state index contributed by atoms with van der Waals surface area (Å²) in [5.41, 5.74) is 11.3. The van der Waals surface area contributed by atoms with E-state index in [1.54, 1.807) is 13.4 Å². The lowest BCUT2D eigenvalue weighted by molar-refractivity contribution is 0.181. The highest BCUT2D eigenvalue weighted by Gasteiger charge is 2.28. The average molecular weight is 433 g/mol. The van der Waals surface area contributed by atoms with Crippen molar-refractivity contribution in [3.05, 3.63) is 47.9 Å². The first-order valence-electron chi connectivity index (χ1n) is 10.7. The lowest BCUT2D eigenvalue weighted by Gasteiger charge is -2.12. The van der Waals surface area contributed by atoms with Gasteiger partial charge in [0.15, 0.2) is 0 Å². The van der Waals surface area contributed by atoms with E-state index in [0.29, 0.717) is 29.7 Å². The van der Waals surface area contributed by atoms with Gasteiger partial charge in [0.05, 0.1) is 37.3 Å². The number of aromatic nitrogens is 6. The Labute approximate surface area is 184 Å². The third-order valence-corrected chi connectivity index (χ3v) is 6.10. The van der Waals surface area contributed by atoms with Crippen molar-refractivity contribution in [3.63, 3.8) is 0 Å². The SMILES string of the molecule is COc1ccc2c(c1)-c1nn(CC3CCOC3)cc1Cc1c(-c3noc(CN)n3)ncn1-2. The van der Waals surface area contributed by atoms with Gasteiger partial charge in [-0.1, -0.05) is 5.16 Å². The van der Waals surface area contributed by atoms with Crippen molar-refractivity contribution >= 4 is 0 Å². The van der Waals surface area contributed by atoms with Crippen LogP contribution >= 0.6 is 0 Å². The summed E-state index contributed by atoms with van der Waals surface area (Å²) in [5.74, 6) is 2.09. The number of nitrogens with zero attached hydrogens (tertiary/aromatic N) is 6. The molecule has 3 aromatic heterocycles. The van der Waals surface area contributed by atoms with E-state index in [0.717, 1.165) is 60.1 Å².